The van der Waals surface area contributed by atoms with Crippen molar-refractivity contribution < 1.29 is 4.79 Å². The summed E-state index contributed by atoms with van der Waals surface area (Å²) in [5.74, 6) is 1.55. The Bertz CT molecular complexity index is 160. The molecule has 0 unspecified atom stereocenters. The van der Waals surface area contributed by atoms with Crippen molar-refractivity contribution in [1.29, 1.82) is 0 Å². The summed E-state index contributed by atoms with van der Waals surface area (Å²) in [6, 6.07) is 0. The van der Waals surface area contributed by atoms with E-state index in [4.69, 9.17) is 0 Å². The highest BCUT2D eigenvalue weighted by atomic mass is 16.1. The van der Waals surface area contributed by atoms with Crippen molar-refractivity contribution in [2.45, 2.75) is 0 Å². The lowest BCUT2D eigenvalue weighted by molar-refractivity contribution is 0.567. The minimum Gasteiger partial charge on any atom is -0.231 e. The molecule has 1 aliphatic rings. The molecule has 3 heteroatoms. The third kappa shape index (κ3) is 0.614. The first-order valence-corrected chi connectivity index (χ1v) is 1.68. The third-order valence-electron chi connectivity index (χ3n) is 0.521. The van der Waals surface area contributed by atoms with E-state index in [2.05, 4.69) is 16.4 Å². The summed E-state index contributed by atoms with van der Waals surface area (Å²) in [7, 11) is 0. The molecule has 0 aliphatic carbocycles. The van der Waals surface area contributed by atoms with Crippen LogP contribution >= 0.6 is 0 Å². The number of hydrogen-bond acceptors (Lipinski definition) is 3. The maximum atomic E-state index is 9.62. The molecule has 0 saturated carbocycles. The van der Waals surface area contributed by atoms with Crippen LogP contribution in [0.15, 0.2) is 22.0 Å². The second kappa shape index (κ2) is 1.49. The molecule has 0 aromatic rings. The second-order valence-electron chi connectivity index (χ2n) is 0.961. The van der Waals surface area contributed by atoms with Crippen LogP contribution in [0.2, 0.25) is 0 Å². The largest absolute Gasteiger partial charge is 0.231 e. The van der Waals surface area contributed by atoms with Crippen molar-refractivity contribution in [3.63, 3.8) is 0 Å². The zero-order valence-corrected chi connectivity index (χ0v) is 3.38. The standard InChI is InChI=1S/C4HN2O/c7-3-4-1-2-5-6-4/h1H. The monoisotopic (exact) mass is 93.0 g/mol. The first-order chi connectivity index (χ1) is 3.43. The Morgan fingerprint density at radius 3 is 3.00 bits per heavy atom. The maximum Gasteiger partial charge on any atom is 0.171 e. The Morgan fingerprint density at radius 2 is 2.71 bits per heavy atom. The van der Waals surface area contributed by atoms with Crippen LogP contribution in [-0.2, 0) is 4.79 Å². The van der Waals surface area contributed by atoms with Gasteiger partial charge in [-0.25, -0.2) is 4.79 Å². The quantitative estimate of drug-likeness (QED) is 0.402. The van der Waals surface area contributed by atoms with Gasteiger partial charge in [0.05, 0.1) is 0 Å². The molecule has 0 atom stereocenters. The zero-order chi connectivity index (χ0) is 5.11. The predicted molar refractivity (Wildman–Crippen MR) is 21.9 cm³/mol. The van der Waals surface area contributed by atoms with Crippen molar-refractivity contribution in [2.24, 2.45) is 10.2 Å². The number of azo groups is 1. The molecule has 0 bridgehead atoms. The van der Waals surface area contributed by atoms with Gasteiger partial charge in [0.1, 0.15) is 6.20 Å². The molecule has 0 N–H and O–H groups in total. The number of hydrogen-bond donors (Lipinski definition) is 0. The average molecular weight is 93.1 g/mol. The van der Waals surface area contributed by atoms with Crippen molar-refractivity contribution in [2.75, 3.05) is 0 Å². The Morgan fingerprint density at radius 1 is 1.86 bits per heavy atom. The van der Waals surface area contributed by atoms with Crippen LogP contribution in [0.25, 0.3) is 0 Å². The Labute approximate surface area is 40.1 Å². The van der Waals surface area contributed by atoms with Crippen LogP contribution in [0.5, 0.6) is 0 Å². The van der Waals surface area contributed by atoms with Crippen LogP contribution in [-0.4, -0.2) is 5.94 Å². The van der Waals surface area contributed by atoms with E-state index >= 15 is 0 Å². The Balaban J connectivity index is 3.00. The molecule has 33 valence electrons. The first-order valence-electron chi connectivity index (χ1n) is 1.68. The number of allylic oxidation sites excluding steroid dienone is 1. The third-order valence-corrected chi connectivity index (χ3v) is 0.521. The van der Waals surface area contributed by atoms with Crippen LogP contribution in [0.4, 0.5) is 0 Å². The minimum absolute atomic E-state index is 0.208. The lowest BCUT2D eigenvalue weighted by Gasteiger charge is -1.64. The van der Waals surface area contributed by atoms with E-state index in [1.54, 1.807) is 5.94 Å². The van der Waals surface area contributed by atoms with Gasteiger partial charge in [-0.1, -0.05) is 0 Å². The van der Waals surface area contributed by atoms with Gasteiger partial charge in [-0.15, -0.1) is 10.2 Å². The molecule has 1 radical (unpaired) electrons. The van der Waals surface area contributed by atoms with Crippen molar-refractivity contribution >= 4 is 5.94 Å². The smallest absolute Gasteiger partial charge is 0.171 e. The fraction of sp³-hybridized carbons (Fsp3) is 0. The molecule has 0 aromatic carbocycles. The summed E-state index contributed by atoms with van der Waals surface area (Å²) in [6.07, 6.45) is 3.73. The van der Waals surface area contributed by atoms with Gasteiger partial charge in [0.2, 0.25) is 0 Å². The number of nitrogens with zero attached hydrogens (tertiary/aromatic N) is 2. The van der Waals surface area contributed by atoms with E-state index in [1.807, 2.05) is 0 Å². The summed E-state index contributed by atoms with van der Waals surface area (Å²) in [5.41, 5.74) is 0.208. The summed E-state index contributed by atoms with van der Waals surface area (Å²) in [6.45, 7) is 0. The van der Waals surface area contributed by atoms with Crippen LogP contribution in [0, 0.1) is 6.20 Å². The summed E-state index contributed by atoms with van der Waals surface area (Å²) in [4.78, 5) is 9.62. The lowest BCUT2D eigenvalue weighted by atomic mass is 10.5. The van der Waals surface area contributed by atoms with Gasteiger partial charge in [0.25, 0.3) is 0 Å². The van der Waals surface area contributed by atoms with Gasteiger partial charge in [0.15, 0.2) is 11.6 Å². The molecule has 0 spiro atoms. The van der Waals surface area contributed by atoms with Crippen LogP contribution in [0.1, 0.15) is 0 Å². The fourth-order valence-electron chi connectivity index (χ4n) is 0.251. The van der Waals surface area contributed by atoms with Gasteiger partial charge in [-0.05, 0) is 0 Å². The van der Waals surface area contributed by atoms with Gasteiger partial charge < -0.3 is 0 Å². The highest BCUT2D eigenvalue weighted by Gasteiger charge is 1.91. The minimum atomic E-state index is 0.208. The predicted octanol–water partition coefficient (Wildman–Crippen LogP) is 0.485. The molecular weight excluding hydrogens is 92.1 g/mol. The molecular formula is C4HN2O. The first kappa shape index (κ1) is 3.96. The van der Waals surface area contributed by atoms with Crippen molar-refractivity contribution in [1.82, 2.24) is 0 Å². The second-order valence-corrected chi connectivity index (χ2v) is 0.961. The average Bonchev–Trinajstić information content (AvgIpc) is 2.14. The fourth-order valence-corrected chi connectivity index (χ4v) is 0.251. The topological polar surface area (TPSA) is 41.8 Å². The normalized spacial score (nSPS) is 15.1. The highest BCUT2D eigenvalue weighted by molar-refractivity contribution is 5.56. The summed E-state index contributed by atoms with van der Waals surface area (Å²) >= 11 is 0. The molecule has 7 heavy (non-hydrogen) atoms. The van der Waals surface area contributed by atoms with Gasteiger partial charge in [-0.2, -0.15) is 0 Å². The molecule has 0 fully saturated rings. The van der Waals surface area contributed by atoms with Crippen molar-refractivity contribution in [3.8, 4) is 0 Å². The number of carbonyl (C=O) groups excluding carboxylic acids is 1. The molecule has 1 heterocycles. The van der Waals surface area contributed by atoms with E-state index in [1.165, 1.54) is 6.08 Å². The van der Waals surface area contributed by atoms with E-state index < -0.39 is 0 Å². The molecule has 0 saturated heterocycles. The molecule has 3 nitrogen and oxygen atoms in total. The molecule has 0 amide bonds. The maximum absolute atomic E-state index is 9.62. The van der Waals surface area contributed by atoms with Gasteiger partial charge in [0, 0.05) is 6.08 Å². The van der Waals surface area contributed by atoms with E-state index in [0.29, 0.717) is 0 Å². The Kier molecular flexibility index (Phi) is 0.845. The summed E-state index contributed by atoms with van der Waals surface area (Å²) in [5, 5.41) is 6.56. The van der Waals surface area contributed by atoms with E-state index in [0.717, 1.165) is 0 Å². The highest BCUT2D eigenvalue weighted by Crippen LogP contribution is 2.00. The van der Waals surface area contributed by atoms with E-state index in [-0.39, 0.29) is 5.70 Å². The zero-order valence-electron chi connectivity index (χ0n) is 3.38. The number of rotatable bonds is 0. The van der Waals surface area contributed by atoms with Gasteiger partial charge >= 0.3 is 0 Å². The molecule has 1 rings (SSSR count). The lowest BCUT2D eigenvalue weighted by Crippen LogP contribution is -1.60. The van der Waals surface area contributed by atoms with E-state index in [9.17, 15) is 4.79 Å². The Hall–Kier alpha value is -1.21. The van der Waals surface area contributed by atoms with Gasteiger partial charge in [-0.3, -0.25) is 0 Å². The van der Waals surface area contributed by atoms with Crippen LogP contribution in [0.3, 0.4) is 0 Å². The summed E-state index contributed by atoms with van der Waals surface area (Å²) < 4.78 is 0. The van der Waals surface area contributed by atoms with Crippen LogP contribution < -0.4 is 0 Å². The van der Waals surface area contributed by atoms with Crippen molar-refractivity contribution in [3.05, 3.63) is 18.0 Å². The molecule has 0 aromatic heterocycles. The SMILES string of the molecule is O=C=C1C=[C]N=N1. The molecule has 1 aliphatic heterocycles.